The minimum absolute atomic E-state index is 0.0774. The Kier molecular flexibility index (Phi) is 3.79. The van der Waals surface area contributed by atoms with Crippen LogP contribution in [0.3, 0.4) is 0 Å². The highest BCUT2D eigenvalue weighted by molar-refractivity contribution is 5.91. The van der Waals surface area contributed by atoms with Gasteiger partial charge in [-0.3, -0.25) is 9.67 Å². The monoisotopic (exact) mass is 298 g/mol. The highest BCUT2D eigenvalue weighted by atomic mass is 19.1. The molecule has 5 heteroatoms. The topological polar surface area (TPSA) is 42.7 Å². The number of fused-ring (bicyclic) bond motifs is 1. The van der Waals surface area contributed by atoms with Crippen molar-refractivity contribution >= 4 is 16.6 Å². The summed E-state index contributed by atoms with van der Waals surface area (Å²) in [6, 6.07) is 6.69. The summed E-state index contributed by atoms with van der Waals surface area (Å²) < 4.78 is 15.4. The fraction of sp³-hybridized carbons (Fsp3) is 0.294. The Morgan fingerprint density at radius 1 is 1.32 bits per heavy atom. The van der Waals surface area contributed by atoms with Gasteiger partial charge in [-0.2, -0.15) is 5.10 Å². The van der Waals surface area contributed by atoms with E-state index in [9.17, 15) is 4.39 Å². The summed E-state index contributed by atoms with van der Waals surface area (Å²) in [7, 11) is 0. The van der Waals surface area contributed by atoms with Gasteiger partial charge in [-0.25, -0.2) is 4.39 Å². The molecule has 0 amide bonds. The predicted octanol–water partition coefficient (Wildman–Crippen LogP) is 4.07. The van der Waals surface area contributed by atoms with E-state index < -0.39 is 0 Å². The third kappa shape index (κ3) is 2.79. The van der Waals surface area contributed by atoms with Crippen LogP contribution >= 0.6 is 0 Å². The molecule has 0 aliphatic rings. The van der Waals surface area contributed by atoms with E-state index in [-0.39, 0.29) is 11.9 Å². The largest absolute Gasteiger partial charge is 0.378 e. The number of rotatable bonds is 4. The maximum Gasteiger partial charge on any atom is 0.124 e. The second-order valence-electron chi connectivity index (χ2n) is 5.47. The summed E-state index contributed by atoms with van der Waals surface area (Å²) in [5, 5.41) is 8.53. The lowest BCUT2D eigenvalue weighted by atomic mass is 10.1. The molecule has 4 nitrogen and oxygen atoms in total. The summed E-state index contributed by atoms with van der Waals surface area (Å²) in [6.45, 7) is 6.90. The van der Waals surface area contributed by atoms with Crippen molar-refractivity contribution in [1.29, 1.82) is 0 Å². The highest BCUT2D eigenvalue weighted by Gasteiger charge is 2.11. The van der Waals surface area contributed by atoms with Crippen molar-refractivity contribution in [1.82, 2.24) is 14.8 Å². The summed E-state index contributed by atoms with van der Waals surface area (Å²) in [4.78, 5) is 4.45. The van der Waals surface area contributed by atoms with Crippen LogP contribution in [0, 0.1) is 12.7 Å². The van der Waals surface area contributed by atoms with Crippen molar-refractivity contribution in [2.75, 3.05) is 5.32 Å². The summed E-state index contributed by atoms with van der Waals surface area (Å²) >= 11 is 0. The normalized spacial score (nSPS) is 12.5. The van der Waals surface area contributed by atoms with Gasteiger partial charge in [0.2, 0.25) is 0 Å². The second kappa shape index (κ2) is 5.75. The van der Waals surface area contributed by atoms with Gasteiger partial charge in [0, 0.05) is 35.1 Å². The molecule has 0 radical (unpaired) electrons. The van der Waals surface area contributed by atoms with Gasteiger partial charge in [0.15, 0.2) is 0 Å². The third-order valence-corrected chi connectivity index (χ3v) is 3.75. The van der Waals surface area contributed by atoms with E-state index in [1.807, 2.05) is 30.1 Å². The van der Waals surface area contributed by atoms with Crippen molar-refractivity contribution in [2.24, 2.45) is 0 Å². The Hall–Kier alpha value is -2.43. The lowest BCUT2D eigenvalue weighted by molar-refractivity contribution is 0.629. The zero-order chi connectivity index (χ0) is 15.7. The van der Waals surface area contributed by atoms with Gasteiger partial charge in [-0.1, -0.05) is 0 Å². The predicted molar refractivity (Wildman–Crippen MR) is 86.4 cm³/mol. The average molecular weight is 298 g/mol. The number of nitrogens with one attached hydrogen (secondary N) is 1. The smallest absolute Gasteiger partial charge is 0.124 e. The standard InChI is InChI=1S/C17H19FN4/c1-4-22-10-13(9-19-22)12(3)21-17-7-11(2)20-16-6-5-14(18)8-15(16)17/h5-10,12H,4H2,1-3H3,(H,20,21). The van der Waals surface area contributed by atoms with Crippen LogP contribution < -0.4 is 5.32 Å². The van der Waals surface area contributed by atoms with Crippen LogP contribution in [0.2, 0.25) is 0 Å². The third-order valence-electron chi connectivity index (χ3n) is 3.75. The Bertz CT molecular complexity index is 810. The molecule has 3 rings (SSSR count). The molecule has 0 spiro atoms. The Labute approximate surface area is 129 Å². The van der Waals surface area contributed by atoms with Gasteiger partial charge in [0.1, 0.15) is 5.82 Å². The summed E-state index contributed by atoms with van der Waals surface area (Å²) in [6.07, 6.45) is 3.88. The van der Waals surface area contributed by atoms with E-state index in [0.717, 1.165) is 34.4 Å². The first-order chi connectivity index (χ1) is 10.6. The van der Waals surface area contributed by atoms with E-state index in [1.165, 1.54) is 12.1 Å². The van der Waals surface area contributed by atoms with Crippen molar-refractivity contribution < 1.29 is 4.39 Å². The van der Waals surface area contributed by atoms with Crippen molar-refractivity contribution in [3.63, 3.8) is 0 Å². The minimum Gasteiger partial charge on any atom is -0.378 e. The van der Waals surface area contributed by atoms with Crippen molar-refractivity contribution in [3.05, 3.63) is 53.7 Å². The van der Waals surface area contributed by atoms with Crippen LogP contribution in [-0.2, 0) is 6.54 Å². The molecule has 1 unspecified atom stereocenters. The van der Waals surface area contributed by atoms with Crippen LogP contribution in [0.1, 0.15) is 31.1 Å². The molecule has 0 aliphatic carbocycles. The number of aryl methyl sites for hydroxylation is 2. The molecular weight excluding hydrogens is 279 g/mol. The molecule has 2 aromatic heterocycles. The molecule has 0 aliphatic heterocycles. The molecular formula is C17H19FN4. The van der Waals surface area contributed by atoms with Gasteiger partial charge in [-0.05, 0) is 45.0 Å². The van der Waals surface area contributed by atoms with Crippen LogP contribution in [0.4, 0.5) is 10.1 Å². The highest BCUT2D eigenvalue weighted by Crippen LogP contribution is 2.27. The number of hydrogen-bond donors (Lipinski definition) is 1. The molecule has 22 heavy (non-hydrogen) atoms. The number of benzene rings is 1. The van der Waals surface area contributed by atoms with Crippen LogP contribution in [-0.4, -0.2) is 14.8 Å². The number of aromatic nitrogens is 3. The molecule has 1 atom stereocenters. The number of pyridine rings is 1. The Morgan fingerprint density at radius 3 is 2.86 bits per heavy atom. The molecule has 0 fully saturated rings. The van der Waals surface area contributed by atoms with Gasteiger partial charge in [0.25, 0.3) is 0 Å². The molecule has 0 saturated carbocycles. The first-order valence-corrected chi connectivity index (χ1v) is 7.42. The number of anilines is 1. The first-order valence-electron chi connectivity index (χ1n) is 7.42. The quantitative estimate of drug-likeness (QED) is 0.789. The van der Waals surface area contributed by atoms with E-state index in [2.05, 4.69) is 29.2 Å². The van der Waals surface area contributed by atoms with E-state index in [0.29, 0.717) is 0 Å². The minimum atomic E-state index is -0.257. The Balaban J connectivity index is 1.97. The lowest BCUT2D eigenvalue weighted by Crippen LogP contribution is -2.07. The SMILES string of the molecule is CCn1cc(C(C)Nc2cc(C)nc3ccc(F)cc23)cn1. The molecule has 1 aromatic carbocycles. The average Bonchev–Trinajstić information content (AvgIpc) is 2.97. The first kappa shape index (κ1) is 14.5. The van der Waals surface area contributed by atoms with Crippen molar-refractivity contribution in [2.45, 2.75) is 33.4 Å². The molecule has 0 saturated heterocycles. The van der Waals surface area contributed by atoms with Crippen LogP contribution in [0.5, 0.6) is 0 Å². The summed E-state index contributed by atoms with van der Waals surface area (Å²) in [5.74, 6) is -0.257. The fourth-order valence-electron chi connectivity index (χ4n) is 2.54. The molecule has 114 valence electrons. The molecule has 2 heterocycles. The summed E-state index contributed by atoms with van der Waals surface area (Å²) in [5.41, 5.74) is 3.68. The maximum atomic E-state index is 13.6. The van der Waals surface area contributed by atoms with E-state index in [4.69, 9.17) is 0 Å². The second-order valence-corrected chi connectivity index (χ2v) is 5.47. The fourth-order valence-corrected chi connectivity index (χ4v) is 2.54. The van der Waals surface area contributed by atoms with Gasteiger partial charge in [-0.15, -0.1) is 0 Å². The molecule has 0 bridgehead atoms. The molecule has 3 aromatic rings. The zero-order valence-electron chi connectivity index (χ0n) is 13.0. The lowest BCUT2D eigenvalue weighted by Gasteiger charge is -2.16. The van der Waals surface area contributed by atoms with Crippen molar-refractivity contribution in [3.8, 4) is 0 Å². The van der Waals surface area contributed by atoms with E-state index >= 15 is 0 Å². The number of hydrogen-bond acceptors (Lipinski definition) is 3. The number of nitrogens with zero attached hydrogens (tertiary/aromatic N) is 3. The molecule has 1 N–H and O–H groups in total. The van der Waals surface area contributed by atoms with Crippen LogP contribution in [0.25, 0.3) is 10.9 Å². The van der Waals surface area contributed by atoms with Gasteiger partial charge >= 0.3 is 0 Å². The van der Waals surface area contributed by atoms with Gasteiger partial charge in [0.05, 0.1) is 17.8 Å². The van der Waals surface area contributed by atoms with E-state index in [1.54, 1.807) is 6.07 Å². The van der Waals surface area contributed by atoms with Crippen LogP contribution in [0.15, 0.2) is 36.7 Å². The Morgan fingerprint density at radius 2 is 2.14 bits per heavy atom. The maximum absolute atomic E-state index is 13.6. The number of halogens is 1. The van der Waals surface area contributed by atoms with Gasteiger partial charge < -0.3 is 5.32 Å². The zero-order valence-corrected chi connectivity index (χ0v) is 13.0.